The van der Waals surface area contributed by atoms with Crippen LogP contribution in [0, 0.1) is 5.82 Å². The Morgan fingerprint density at radius 1 is 1.23 bits per heavy atom. The number of nitrogens with zero attached hydrogens (tertiary/aromatic N) is 3. The Labute approximate surface area is 127 Å². The number of hydrogen-bond acceptors (Lipinski definition) is 3. The molecule has 22 heavy (non-hydrogen) atoms. The summed E-state index contributed by atoms with van der Waals surface area (Å²) >= 11 is 0. The highest BCUT2D eigenvalue weighted by molar-refractivity contribution is 6.12. The van der Waals surface area contributed by atoms with Crippen molar-refractivity contribution in [2.75, 3.05) is 6.54 Å². The van der Waals surface area contributed by atoms with Crippen LogP contribution in [0.3, 0.4) is 0 Å². The van der Waals surface area contributed by atoms with Gasteiger partial charge >= 0.3 is 0 Å². The van der Waals surface area contributed by atoms with E-state index in [9.17, 15) is 4.39 Å². The molecule has 0 spiro atoms. The standard InChI is InChI=1S/C17H15FN4/c1-2-20-17(19)16-12-9-11(18)6-7-15(12)22-10-13(16)14-5-3-4-8-21-14/h3-10H,2H2,1H3,(H2,19,20). The van der Waals surface area contributed by atoms with Gasteiger partial charge in [-0.15, -0.1) is 0 Å². The van der Waals surface area contributed by atoms with Crippen LogP contribution in [0.25, 0.3) is 22.2 Å². The zero-order chi connectivity index (χ0) is 15.5. The lowest BCUT2D eigenvalue weighted by Crippen LogP contribution is -2.16. The number of aromatic nitrogens is 2. The maximum absolute atomic E-state index is 13.7. The summed E-state index contributed by atoms with van der Waals surface area (Å²) in [5.74, 6) is 0.0270. The molecular formula is C17H15FN4. The minimum Gasteiger partial charge on any atom is -0.383 e. The van der Waals surface area contributed by atoms with E-state index in [0.29, 0.717) is 28.8 Å². The van der Waals surface area contributed by atoms with Crippen LogP contribution in [0.15, 0.2) is 53.8 Å². The Kier molecular flexibility index (Phi) is 3.78. The predicted octanol–water partition coefficient (Wildman–Crippen LogP) is 3.16. The lowest BCUT2D eigenvalue weighted by molar-refractivity contribution is 0.629. The zero-order valence-electron chi connectivity index (χ0n) is 12.1. The number of rotatable bonds is 3. The van der Waals surface area contributed by atoms with Gasteiger partial charge in [0.25, 0.3) is 0 Å². The van der Waals surface area contributed by atoms with Gasteiger partial charge in [-0.05, 0) is 37.3 Å². The number of pyridine rings is 2. The van der Waals surface area contributed by atoms with Gasteiger partial charge < -0.3 is 5.73 Å². The average molecular weight is 294 g/mol. The normalized spacial score (nSPS) is 11.8. The van der Waals surface area contributed by atoms with Gasteiger partial charge in [0.15, 0.2) is 0 Å². The second kappa shape index (κ2) is 5.89. The van der Waals surface area contributed by atoms with Crippen LogP contribution in [0.5, 0.6) is 0 Å². The Morgan fingerprint density at radius 2 is 2.09 bits per heavy atom. The molecule has 0 saturated carbocycles. The van der Waals surface area contributed by atoms with E-state index in [1.54, 1.807) is 18.5 Å². The van der Waals surface area contributed by atoms with Gasteiger partial charge in [-0.2, -0.15) is 0 Å². The molecule has 2 N–H and O–H groups in total. The highest BCUT2D eigenvalue weighted by atomic mass is 19.1. The fourth-order valence-electron chi connectivity index (χ4n) is 2.41. The first-order chi connectivity index (χ1) is 10.7. The van der Waals surface area contributed by atoms with Gasteiger partial charge in [-0.1, -0.05) is 6.07 Å². The molecule has 0 aliphatic carbocycles. The molecule has 0 bridgehead atoms. The molecule has 0 amide bonds. The molecule has 3 aromatic rings. The van der Waals surface area contributed by atoms with Gasteiger partial charge in [0.1, 0.15) is 11.7 Å². The van der Waals surface area contributed by atoms with E-state index in [0.717, 1.165) is 11.3 Å². The van der Waals surface area contributed by atoms with Crippen molar-refractivity contribution in [3.05, 3.63) is 60.2 Å². The molecule has 0 aliphatic rings. The first-order valence-corrected chi connectivity index (χ1v) is 7.00. The fraction of sp³-hybridized carbons (Fsp3) is 0.118. The van der Waals surface area contributed by atoms with Gasteiger partial charge in [-0.25, -0.2) is 4.39 Å². The molecule has 1 aromatic carbocycles. The zero-order valence-corrected chi connectivity index (χ0v) is 12.1. The number of fused-ring (bicyclic) bond motifs is 1. The van der Waals surface area contributed by atoms with Crippen LogP contribution < -0.4 is 5.73 Å². The molecule has 0 unspecified atom stereocenters. The van der Waals surface area contributed by atoms with Crippen LogP contribution in [0.1, 0.15) is 12.5 Å². The minimum atomic E-state index is -0.335. The number of benzene rings is 1. The third-order valence-electron chi connectivity index (χ3n) is 3.36. The van der Waals surface area contributed by atoms with E-state index in [2.05, 4.69) is 15.0 Å². The van der Waals surface area contributed by atoms with Crippen LogP contribution in [-0.2, 0) is 0 Å². The van der Waals surface area contributed by atoms with E-state index in [-0.39, 0.29) is 5.82 Å². The Bertz CT molecular complexity index is 844. The molecule has 5 heteroatoms. The monoisotopic (exact) mass is 294 g/mol. The maximum Gasteiger partial charge on any atom is 0.127 e. The number of halogens is 1. The van der Waals surface area contributed by atoms with Crippen molar-refractivity contribution in [1.82, 2.24) is 9.97 Å². The third kappa shape index (κ3) is 2.53. The van der Waals surface area contributed by atoms with Crippen molar-refractivity contribution in [1.29, 1.82) is 0 Å². The SMILES string of the molecule is CCN=C(N)c1c(-c2ccccn2)cnc2ccc(F)cc12. The van der Waals surface area contributed by atoms with Crippen LogP contribution >= 0.6 is 0 Å². The smallest absolute Gasteiger partial charge is 0.127 e. The first-order valence-electron chi connectivity index (χ1n) is 7.00. The highest BCUT2D eigenvalue weighted by Crippen LogP contribution is 2.28. The molecule has 110 valence electrons. The topological polar surface area (TPSA) is 64.2 Å². The second-order valence-corrected chi connectivity index (χ2v) is 4.78. The van der Waals surface area contributed by atoms with Gasteiger partial charge in [0, 0.05) is 35.5 Å². The number of hydrogen-bond donors (Lipinski definition) is 1. The molecule has 3 rings (SSSR count). The lowest BCUT2D eigenvalue weighted by atomic mass is 10.00. The van der Waals surface area contributed by atoms with Crippen LogP contribution in [-0.4, -0.2) is 22.3 Å². The Balaban J connectivity index is 2.37. The maximum atomic E-state index is 13.7. The second-order valence-electron chi connectivity index (χ2n) is 4.78. The summed E-state index contributed by atoms with van der Waals surface area (Å²) in [5.41, 5.74) is 8.95. The predicted molar refractivity (Wildman–Crippen MR) is 86.2 cm³/mol. The Hall–Kier alpha value is -2.82. The van der Waals surface area contributed by atoms with E-state index in [1.807, 2.05) is 25.1 Å². The van der Waals surface area contributed by atoms with Crippen LogP contribution in [0.4, 0.5) is 4.39 Å². The van der Waals surface area contributed by atoms with Crippen LogP contribution in [0.2, 0.25) is 0 Å². The summed E-state index contributed by atoms with van der Waals surface area (Å²) in [6.07, 6.45) is 3.40. The van der Waals surface area contributed by atoms with Crippen molar-refractivity contribution in [3.63, 3.8) is 0 Å². The number of nitrogens with two attached hydrogens (primary N) is 1. The largest absolute Gasteiger partial charge is 0.383 e. The van der Waals surface area contributed by atoms with E-state index < -0.39 is 0 Å². The highest BCUT2D eigenvalue weighted by Gasteiger charge is 2.15. The summed E-state index contributed by atoms with van der Waals surface area (Å²) in [6.45, 7) is 2.45. The molecule has 0 aliphatic heterocycles. The Morgan fingerprint density at radius 3 is 2.82 bits per heavy atom. The molecule has 0 fully saturated rings. The quantitative estimate of drug-likeness (QED) is 0.596. The summed E-state index contributed by atoms with van der Waals surface area (Å²) in [7, 11) is 0. The molecule has 4 nitrogen and oxygen atoms in total. The summed E-state index contributed by atoms with van der Waals surface area (Å²) < 4.78 is 13.7. The molecule has 2 heterocycles. The average Bonchev–Trinajstić information content (AvgIpc) is 2.54. The van der Waals surface area contributed by atoms with Crippen molar-refractivity contribution >= 4 is 16.7 Å². The van der Waals surface area contributed by atoms with E-state index in [4.69, 9.17) is 5.73 Å². The number of amidine groups is 1. The molecule has 0 atom stereocenters. The lowest BCUT2D eigenvalue weighted by Gasteiger charge is -2.12. The van der Waals surface area contributed by atoms with E-state index >= 15 is 0 Å². The van der Waals surface area contributed by atoms with Gasteiger partial charge in [-0.3, -0.25) is 15.0 Å². The van der Waals surface area contributed by atoms with Crippen molar-refractivity contribution < 1.29 is 4.39 Å². The van der Waals surface area contributed by atoms with Gasteiger partial charge in [0.05, 0.1) is 11.2 Å². The van der Waals surface area contributed by atoms with Crippen molar-refractivity contribution in [3.8, 4) is 11.3 Å². The minimum absolute atomic E-state index is 0.335. The molecule has 0 saturated heterocycles. The summed E-state index contributed by atoms with van der Waals surface area (Å²) in [4.78, 5) is 13.0. The van der Waals surface area contributed by atoms with Crippen molar-refractivity contribution in [2.45, 2.75) is 6.92 Å². The van der Waals surface area contributed by atoms with E-state index in [1.165, 1.54) is 12.1 Å². The van der Waals surface area contributed by atoms with Gasteiger partial charge in [0.2, 0.25) is 0 Å². The van der Waals surface area contributed by atoms with Crippen molar-refractivity contribution in [2.24, 2.45) is 10.7 Å². The summed E-state index contributed by atoms with van der Waals surface area (Å²) in [5, 5.41) is 0.637. The third-order valence-corrected chi connectivity index (χ3v) is 3.36. The molecule has 2 aromatic heterocycles. The summed E-state index contributed by atoms with van der Waals surface area (Å²) in [6, 6.07) is 10.0. The number of aliphatic imine (C=N–C) groups is 1. The first kappa shape index (κ1) is 14.1. The molecule has 0 radical (unpaired) electrons. The fourth-order valence-corrected chi connectivity index (χ4v) is 2.41. The molecular weight excluding hydrogens is 279 g/mol.